The summed E-state index contributed by atoms with van der Waals surface area (Å²) in [5.41, 5.74) is 3.07. The van der Waals surface area contributed by atoms with Crippen molar-refractivity contribution in [1.29, 1.82) is 0 Å². The van der Waals surface area contributed by atoms with E-state index in [-0.39, 0.29) is 17.3 Å². The van der Waals surface area contributed by atoms with Crippen LogP contribution in [0.5, 0.6) is 5.75 Å². The van der Waals surface area contributed by atoms with E-state index in [9.17, 15) is 9.18 Å². The number of aromatic nitrogens is 1. The average Bonchev–Trinajstić information content (AvgIpc) is 3.00. The van der Waals surface area contributed by atoms with Gasteiger partial charge in [0.1, 0.15) is 23.9 Å². The molecule has 0 bridgehead atoms. The second-order valence-electron chi connectivity index (χ2n) is 6.21. The van der Waals surface area contributed by atoms with Gasteiger partial charge in [-0.05, 0) is 56.2 Å². The van der Waals surface area contributed by atoms with Crippen molar-refractivity contribution in [3.05, 3.63) is 75.4 Å². The first-order valence-corrected chi connectivity index (χ1v) is 8.64. The quantitative estimate of drug-likeness (QED) is 0.650. The Balaban J connectivity index is 1.78. The number of carbonyl (C=O) groups excluding carboxylic acids is 1. The highest BCUT2D eigenvalue weighted by atomic mass is 35.5. The van der Waals surface area contributed by atoms with E-state index in [4.69, 9.17) is 20.9 Å². The lowest BCUT2D eigenvalue weighted by molar-refractivity contribution is 0.101. The highest BCUT2D eigenvalue weighted by molar-refractivity contribution is 6.31. The zero-order chi connectivity index (χ0) is 19.6. The van der Waals surface area contributed by atoms with Gasteiger partial charge in [-0.1, -0.05) is 28.9 Å². The second-order valence-corrected chi connectivity index (χ2v) is 6.61. The molecule has 1 heterocycles. The van der Waals surface area contributed by atoms with Crippen molar-refractivity contribution in [2.75, 3.05) is 5.32 Å². The number of carbonyl (C=O) groups is 1. The Kier molecular flexibility index (Phi) is 5.46. The number of nitrogens with zero attached hydrogens (tertiary/aromatic N) is 1. The first-order valence-electron chi connectivity index (χ1n) is 8.26. The maximum absolute atomic E-state index is 13.3. The number of hydrogen-bond acceptors (Lipinski definition) is 4. The van der Waals surface area contributed by atoms with Crippen molar-refractivity contribution in [2.24, 2.45) is 0 Å². The molecule has 27 heavy (non-hydrogen) atoms. The Labute approximate surface area is 161 Å². The van der Waals surface area contributed by atoms with Crippen LogP contribution >= 0.6 is 11.6 Å². The lowest BCUT2D eigenvalue weighted by atomic mass is 10.1. The summed E-state index contributed by atoms with van der Waals surface area (Å²) in [5.74, 6) is 0.165. The average molecular weight is 389 g/mol. The van der Waals surface area contributed by atoms with Gasteiger partial charge in [0.15, 0.2) is 5.69 Å². The number of anilines is 1. The van der Waals surface area contributed by atoms with E-state index in [0.29, 0.717) is 17.0 Å². The van der Waals surface area contributed by atoms with Crippen LogP contribution < -0.4 is 10.1 Å². The number of hydrogen-bond donors (Lipinski definition) is 1. The summed E-state index contributed by atoms with van der Waals surface area (Å²) in [4.78, 5) is 12.6. The van der Waals surface area contributed by atoms with Crippen molar-refractivity contribution in [1.82, 2.24) is 5.16 Å². The maximum Gasteiger partial charge on any atom is 0.278 e. The fourth-order valence-electron chi connectivity index (χ4n) is 2.52. The van der Waals surface area contributed by atoms with Gasteiger partial charge in [0.25, 0.3) is 5.91 Å². The minimum atomic E-state index is -0.561. The molecule has 1 aromatic heterocycles. The minimum absolute atomic E-state index is 0.0809. The molecule has 0 aliphatic heterocycles. The van der Waals surface area contributed by atoms with Gasteiger partial charge < -0.3 is 14.6 Å². The zero-order valence-electron chi connectivity index (χ0n) is 15.1. The molecule has 1 amide bonds. The molecule has 0 spiro atoms. The lowest BCUT2D eigenvalue weighted by Crippen LogP contribution is -2.15. The van der Waals surface area contributed by atoms with Crippen LogP contribution in [0.4, 0.5) is 10.1 Å². The Hall–Kier alpha value is -2.86. The highest BCUT2D eigenvalue weighted by Gasteiger charge is 2.21. The van der Waals surface area contributed by atoms with Gasteiger partial charge in [0.2, 0.25) is 0 Å². The summed E-state index contributed by atoms with van der Waals surface area (Å²) in [5, 5.41) is 6.38. The third-order valence-corrected chi connectivity index (χ3v) is 4.38. The summed E-state index contributed by atoms with van der Waals surface area (Å²) in [6.07, 6.45) is 0. The molecule has 0 aliphatic rings. The van der Waals surface area contributed by atoms with Gasteiger partial charge in [-0.3, -0.25) is 4.79 Å². The lowest BCUT2D eigenvalue weighted by Gasteiger charge is -2.10. The number of nitrogens with one attached hydrogen (secondary N) is 1. The van der Waals surface area contributed by atoms with E-state index in [1.807, 2.05) is 32.0 Å². The number of aryl methyl sites for hydroxylation is 3. The maximum atomic E-state index is 13.3. The smallest absolute Gasteiger partial charge is 0.278 e. The van der Waals surface area contributed by atoms with Crippen molar-refractivity contribution in [2.45, 2.75) is 27.4 Å². The predicted molar refractivity (Wildman–Crippen MR) is 101 cm³/mol. The van der Waals surface area contributed by atoms with Gasteiger partial charge in [0, 0.05) is 5.69 Å². The van der Waals surface area contributed by atoms with Crippen molar-refractivity contribution in [3.8, 4) is 5.75 Å². The van der Waals surface area contributed by atoms with Gasteiger partial charge in [-0.25, -0.2) is 4.39 Å². The van der Waals surface area contributed by atoms with E-state index in [2.05, 4.69) is 10.5 Å². The second kappa shape index (κ2) is 7.80. The summed E-state index contributed by atoms with van der Waals surface area (Å²) >= 11 is 5.74. The molecule has 2 aromatic carbocycles. The van der Waals surface area contributed by atoms with Crippen LogP contribution in [0.3, 0.4) is 0 Å². The Morgan fingerprint density at radius 2 is 2.00 bits per heavy atom. The molecule has 7 heteroatoms. The van der Waals surface area contributed by atoms with Gasteiger partial charge >= 0.3 is 0 Å². The predicted octanol–water partition coefficient (Wildman–Crippen LogP) is 5.22. The molecule has 3 aromatic rings. The summed E-state index contributed by atoms with van der Waals surface area (Å²) in [6, 6.07) is 9.82. The van der Waals surface area contributed by atoms with E-state index < -0.39 is 11.7 Å². The van der Waals surface area contributed by atoms with Crippen LogP contribution in [0, 0.1) is 26.6 Å². The molecule has 0 saturated heterocycles. The Morgan fingerprint density at radius 1 is 1.22 bits per heavy atom. The largest absolute Gasteiger partial charge is 0.488 e. The van der Waals surface area contributed by atoms with Crippen LogP contribution in [-0.2, 0) is 6.61 Å². The molecule has 140 valence electrons. The van der Waals surface area contributed by atoms with E-state index in [0.717, 1.165) is 16.9 Å². The molecule has 3 rings (SSSR count). The Bertz CT molecular complexity index is 1000. The van der Waals surface area contributed by atoms with E-state index in [1.54, 1.807) is 6.92 Å². The SMILES string of the molecule is Cc1ccc(C)c(OCc2c(C(=O)Nc3ccc(F)c(Cl)c3)noc2C)c1. The van der Waals surface area contributed by atoms with Crippen LogP contribution in [0.15, 0.2) is 40.9 Å². The van der Waals surface area contributed by atoms with Crippen molar-refractivity contribution in [3.63, 3.8) is 0 Å². The molecule has 0 aliphatic carbocycles. The minimum Gasteiger partial charge on any atom is -0.488 e. The third kappa shape index (κ3) is 4.28. The van der Waals surface area contributed by atoms with Crippen LogP contribution in [0.2, 0.25) is 5.02 Å². The topological polar surface area (TPSA) is 64.4 Å². The Morgan fingerprint density at radius 3 is 2.74 bits per heavy atom. The van der Waals surface area contributed by atoms with Crippen LogP contribution in [-0.4, -0.2) is 11.1 Å². The molecular weight excluding hydrogens is 371 g/mol. The van der Waals surface area contributed by atoms with E-state index >= 15 is 0 Å². The number of benzene rings is 2. The number of halogens is 2. The zero-order valence-corrected chi connectivity index (χ0v) is 15.9. The number of amides is 1. The summed E-state index contributed by atoms with van der Waals surface area (Å²) in [6.45, 7) is 5.76. The van der Waals surface area contributed by atoms with Gasteiger partial charge in [0.05, 0.1) is 10.6 Å². The molecule has 0 saturated carbocycles. The van der Waals surface area contributed by atoms with Crippen molar-refractivity contribution < 1.29 is 18.4 Å². The third-order valence-electron chi connectivity index (χ3n) is 4.09. The first-order chi connectivity index (χ1) is 12.8. The van der Waals surface area contributed by atoms with Gasteiger partial charge in [-0.15, -0.1) is 0 Å². The normalized spacial score (nSPS) is 10.7. The standard InChI is InChI=1S/C20H18ClFN2O3/c1-11-4-5-12(2)18(8-11)26-10-15-13(3)27-24-19(15)20(25)23-14-6-7-17(22)16(21)9-14/h4-9H,10H2,1-3H3,(H,23,25). The fraction of sp³-hybridized carbons (Fsp3) is 0.200. The molecular formula is C20H18ClFN2O3. The highest BCUT2D eigenvalue weighted by Crippen LogP contribution is 2.24. The van der Waals surface area contributed by atoms with E-state index in [1.165, 1.54) is 18.2 Å². The molecule has 0 radical (unpaired) electrons. The molecule has 0 atom stereocenters. The van der Waals surface area contributed by atoms with Crippen molar-refractivity contribution >= 4 is 23.2 Å². The number of ether oxygens (including phenoxy) is 1. The summed E-state index contributed by atoms with van der Waals surface area (Å²) in [7, 11) is 0. The summed E-state index contributed by atoms with van der Waals surface area (Å²) < 4.78 is 24.3. The molecule has 5 nitrogen and oxygen atoms in total. The first kappa shape index (κ1) is 18.9. The number of rotatable bonds is 5. The molecule has 0 fully saturated rings. The van der Waals surface area contributed by atoms with Crippen LogP contribution in [0.25, 0.3) is 0 Å². The van der Waals surface area contributed by atoms with Gasteiger partial charge in [-0.2, -0.15) is 0 Å². The molecule has 0 unspecified atom stereocenters. The van der Waals surface area contributed by atoms with Crippen LogP contribution in [0.1, 0.15) is 32.9 Å². The monoisotopic (exact) mass is 388 g/mol. The molecule has 1 N–H and O–H groups in total. The fourth-order valence-corrected chi connectivity index (χ4v) is 2.70.